The maximum absolute atomic E-state index is 12.8. The summed E-state index contributed by atoms with van der Waals surface area (Å²) in [6.45, 7) is 6.62. The fourth-order valence-electron chi connectivity index (χ4n) is 7.80. The number of hydrogen-bond donors (Lipinski definition) is 0. The molecule has 6 heteroatoms. The Morgan fingerprint density at radius 3 is 0.915 bits per heavy atom. The van der Waals surface area contributed by atoms with E-state index in [9.17, 15) is 14.4 Å². The van der Waals surface area contributed by atoms with Gasteiger partial charge in [0.2, 0.25) is 0 Å². The molecule has 1 unspecified atom stereocenters. The van der Waals surface area contributed by atoms with E-state index in [0.717, 1.165) is 57.8 Å². The Balaban J connectivity index is 4.27. The van der Waals surface area contributed by atoms with Crippen molar-refractivity contribution in [1.29, 1.82) is 0 Å². The summed E-state index contributed by atoms with van der Waals surface area (Å²) < 4.78 is 16.8. The first-order valence-electron chi connectivity index (χ1n) is 26.2. The van der Waals surface area contributed by atoms with Crippen molar-refractivity contribution >= 4 is 17.9 Å². The molecule has 0 radical (unpaired) electrons. The SMILES string of the molecule is CCCCCC/C=C\CCCC(=O)OCC(COC(=O)CCCCCCCCCCCCCCCCCC)OC(=O)CCCCCCCCCCCCCCCCCC. The molecule has 0 saturated carbocycles. The number of ether oxygens (including phenoxy) is 3. The molecule has 0 N–H and O–H groups in total. The second-order valence-corrected chi connectivity index (χ2v) is 17.8. The molecule has 0 aliphatic carbocycles. The molecule has 348 valence electrons. The van der Waals surface area contributed by atoms with Crippen LogP contribution in [-0.2, 0) is 28.6 Å². The van der Waals surface area contributed by atoms with Gasteiger partial charge in [-0.3, -0.25) is 14.4 Å². The summed E-state index contributed by atoms with van der Waals surface area (Å²) in [5.41, 5.74) is 0. The van der Waals surface area contributed by atoms with Gasteiger partial charge in [0.25, 0.3) is 0 Å². The summed E-state index contributed by atoms with van der Waals surface area (Å²) >= 11 is 0. The van der Waals surface area contributed by atoms with Crippen molar-refractivity contribution in [2.24, 2.45) is 0 Å². The summed E-state index contributed by atoms with van der Waals surface area (Å²) in [6.07, 6.45) is 53.5. The molecule has 0 rings (SSSR count). The molecule has 0 heterocycles. The molecule has 0 aliphatic rings. The van der Waals surface area contributed by atoms with Gasteiger partial charge in [-0.1, -0.05) is 245 Å². The first-order valence-corrected chi connectivity index (χ1v) is 26.2. The molecule has 0 bridgehead atoms. The molecule has 0 aromatic rings. The first-order chi connectivity index (χ1) is 29.0. The Morgan fingerprint density at radius 1 is 0.322 bits per heavy atom. The summed E-state index contributed by atoms with van der Waals surface area (Å²) in [7, 11) is 0. The van der Waals surface area contributed by atoms with E-state index in [1.54, 1.807) is 0 Å². The molecule has 6 nitrogen and oxygen atoms in total. The van der Waals surface area contributed by atoms with E-state index in [2.05, 4.69) is 32.9 Å². The van der Waals surface area contributed by atoms with E-state index in [-0.39, 0.29) is 31.1 Å². The first kappa shape index (κ1) is 57.1. The van der Waals surface area contributed by atoms with Crippen molar-refractivity contribution in [2.45, 2.75) is 297 Å². The number of unbranched alkanes of at least 4 members (excludes halogenated alkanes) is 35. The van der Waals surface area contributed by atoms with Crippen LogP contribution in [0.15, 0.2) is 12.2 Å². The highest BCUT2D eigenvalue weighted by atomic mass is 16.6. The van der Waals surface area contributed by atoms with Crippen LogP contribution in [0, 0.1) is 0 Å². The molecule has 0 amide bonds. The van der Waals surface area contributed by atoms with Gasteiger partial charge in [0.15, 0.2) is 6.10 Å². The van der Waals surface area contributed by atoms with Gasteiger partial charge in [-0.25, -0.2) is 0 Å². The fraction of sp³-hybridized carbons (Fsp3) is 0.906. The fourth-order valence-corrected chi connectivity index (χ4v) is 7.80. The maximum Gasteiger partial charge on any atom is 0.306 e. The lowest BCUT2D eigenvalue weighted by Crippen LogP contribution is -2.30. The topological polar surface area (TPSA) is 78.9 Å². The molecule has 0 fully saturated rings. The minimum Gasteiger partial charge on any atom is -0.462 e. The van der Waals surface area contributed by atoms with Crippen LogP contribution in [0.5, 0.6) is 0 Å². The zero-order valence-corrected chi connectivity index (χ0v) is 39.8. The van der Waals surface area contributed by atoms with Gasteiger partial charge >= 0.3 is 17.9 Å². The minimum absolute atomic E-state index is 0.0730. The largest absolute Gasteiger partial charge is 0.462 e. The Labute approximate surface area is 367 Å². The summed E-state index contributed by atoms with van der Waals surface area (Å²) in [6, 6.07) is 0. The average Bonchev–Trinajstić information content (AvgIpc) is 3.23. The third-order valence-corrected chi connectivity index (χ3v) is 11.8. The second-order valence-electron chi connectivity index (χ2n) is 17.8. The standard InChI is InChI=1S/C53H100O6/c1-4-7-10-13-16-19-21-23-25-27-29-31-34-37-40-43-46-52(55)58-49-50(48-57-51(54)45-42-39-36-33-18-15-12-9-6-3)59-53(56)47-44-41-38-35-32-30-28-26-24-22-20-17-14-11-8-5-2/h33,36,50H,4-32,34-35,37-49H2,1-3H3/b36-33-. The summed E-state index contributed by atoms with van der Waals surface area (Å²) in [4.78, 5) is 37.9. The van der Waals surface area contributed by atoms with E-state index in [0.29, 0.717) is 19.3 Å². The molecule has 0 spiro atoms. The van der Waals surface area contributed by atoms with Gasteiger partial charge in [0.05, 0.1) is 0 Å². The predicted octanol–water partition coefficient (Wildman–Crippen LogP) is 17.0. The number of rotatable bonds is 48. The molecule has 0 saturated heterocycles. The lowest BCUT2D eigenvalue weighted by molar-refractivity contribution is -0.167. The monoisotopic (exact) mass is 833 g/mol. The number of carbonyl (C=O) groups excluding carboxylic acids is 3. The van der Waals surface area contributed by atoms with Crippen molar-refractivity contribution < 1.29 is 28.6 Å². The van der Waals surface area contributed by atoms with Gasteiger partial charge < -0.3 is 14.2 Å². The van der Waals surface area contributed by atoms with Crippen LogP contribution in [0.2, 0.25) is 0 Å². The third kappa shape index (κ3) is 47.1. The van der Waals surface area contributed by atoms with Crippen molar-refractivity contribution in [3.8, 4) is 0 Å². The lowest BCUT2D eigenvalue weighted by atomic mass is 10.0. The maximum atomic E-state index is 12.8. The van der Waals surface area contributed by atoms with Crippen molar-refractivity contribution in [2.75, 3.05) is 13.2 Å². The normalized spacial score (nSPS) is 12.0. The zero-order chi connectivity index (χ0) is 43.0. The quantitative estimate of drug-likeness (QED) is 0.0263. The molecular weight excluding hydrogens is 733 g/mol. The van der Waals surface area contributed by atoms with Gasteiger partial charge in [-0.05, 0) is 38.5 Å². The summed E-state index contributed by atoms with van der Waals surface area (Å²) in [5.74, 6) is -0.893. The van der Waals surface area contributed by atoms with E-state index in [4.69, 9.17) is 14.2 Å². The Hall–Kier alpha value is -1.85. The van der Waals surface area contributed by atoms with E-state index in [1.807, 2.05) is 0 Å². The van der Waals surface area contributed by atoms with Crippen molar-refractivity contribution in [3.63, 3.8) is 0 Å². The van der Waals surface area contributed by atoms with E-state index in [1.165, 1.54) is 193 Å². The van der Waals surface area contributed by atoms with Crippen LogP contribution in [-0.4, -0.2) is 37.2 Å². The lowest BCUT2D eigenvalue weighted by Gasteiger charge is -2.18. The molecule has 0 aromatic heterocycles. The van der Waals surface area contributed by atoms with Crippen molar-refractivity contribution in [3.05, 3.63) is 12.2 Å². The zero-order valence-electron chi connectivity index (χ0n) is 39.8. The molecule has 1 atom stereocenters. The highest BCUT2D eigenvalue weighted by molar-refractivity contribution is 5.71. The summed E-state index contributed by atoms with van der Waals surface area (Å²) in [5, 5.41) is 0. The highest BCUT2D eigenvalue weighted by Crippen LogP contribution is 2.17. The molecule has 0 aromatic carbocycles. The van der Waals surface area contributed by atoms with Gasteiger partial charge in [0.1, 0.15) is 13.2 Å². The molecule has 59 heavy (non-hydrogen) atoms. The van der Waals surface area contributed by atoms with Crippen LogP contribution in [0.1, 0.15) is 290 Å². The van der Waals surface area contributed by atoms with Crippen molar-refractivity contribution in [1.82, 2.24) is 0 Å². The number of hydrogen-bond acceptors (Lipinski definition) is 6. The predicted molar refractivity (Wildman–Crippen MR) is 252 cm³/mol. The van der Waals surface area contributed by atoms with Gasteiger partial charge in [0, 0.05) is 19.3 Å². The van der Waals surface area contributed by atoms with Crippen LogP contribution < -0.4 is 0 Å². The Morgan fingerprint density at radius 2 is 0.576 bits per heavy atom. The Kier molecular flexibility index (Phi) is 47.3. The molecule has 0 aliphatic heterocycles. The van der Waals surface area contributed by atoms with E-state index >= 15 is 0 Å². The van der Waals surface area contributed by atoms with Crippen LogP contribution >= 0.6 is 0 Å². The smallest absolute Gasteiger partial charge is 0.306 e. The Bertz CT molecular complexity index is 916. The highest BCUT2D eigenvalue weighted by Gasteiger charge is 2.19. The van der Waals surface area contributed by atoms with Crippen LogP contribution in [0.4, 0.5) is 0 Å². The van der Waals surface area contributed by atoms with Crippen LogP contribution in [0.25, 0.3) is 0 Å². The number of carbonyl (C=O) groups is 3. The third-order valence-electron chi connectivity index (χ3n) is 11.8. The average molecular weight is 833 g/mol. The van der Waals surface area contributed by atoms with Gasteiger partial charge in [-0.15, -0.1) is 0 Å². The van der Waals surface area contributed by atoms with Crippen LogP contribution in [0.3, 0.4) is 0 Å². The molecular formula is C53H100O6. The van der Waals surface area contributed by atoms with Gasteiger partial charge in [-0.2, -0.15) is 0 Å². The van der Waals surface area contributed by atoms with E-state index < -0.39 is 6.10 Å². The second kappa shape index (κ2) is 48.8. The number of esters is 3. The minimum atomic E-state index is -0.773. The number of allylic oxidation sites excluding steroid dienone is 2.